The molecule has 1 aromatic carbocycles. The number of carbonyl (C=O) groups excluding carboxylic acids is 1. The lowest BCUT2D eigenvalue weighted by Crippen LogP contribution is -2.35. The summed E-state index contributed by atoms with van der Waals surface area (Å²) in [5.74, 6) is -1.20. The van der Waals surface area contributed by atoms with Gasteiger partial charge in [0.15, 0.2) is 5.82 Å². The molecule has 158 valence electrons. The molecule has 0 aliphatic rings. The summed E-state index contributed by atoms with van der Waals surface area (Å²) < 4.78 is 29.7. The van der Waals surface area contributed by atoms with Gasteiger partial charge in [-0.15, -0.1) is 0 Å². The van der Waals surface area contributed by atoms with Crippen molar-refractivity contribution < 1.29 is 13.6 Å². The second-order valence-corrected chi connectivity index (χ2v) is 7.11. The van der Waals surface area contributed by atoms with Crippen LogP contribution in [0.3, 0.4) is 0 Å². The van der Waals surface area contributed by atoms with Crippen LogP contribution in [0.1, 0.15) is 22.8 Å². The molecule has 3 rings (SSSR count). The Hall–Kier alpha value is -3.33. The molecule has 2 aromatic heterocycles. The summed E-state index contributed by atoms with van der Waals surface area (Å²) in [6, 6.07) is 7.16. The number of hydrogen-bond donors (Lipinski definition) is 3. The fourth-order valence-electron chi connectivity index (χ4n) is 2.91. The van der Waals surface area contributed by atoms with E-state index < -0.39 is 11.7 Å². The number of carbonyl (C=O) groups is 1. The third kappa shape index (κ3) is 5.38. The van der Waals surface area contributed by atoms with Crippen LogP contribution in [-0.4, -0.2) is 39.8 Å². The molecule has 0 spiro atoms. The Morgan fingerprint density at radius 2 is 2.10 bits per heavy atom. The van der Waals surface area contributed by atoms with Gasteiger partial charge in [0.05, 0.1) is 11.8 Å². The number of pyridine rings is 1. The van der Waals surface area contributed by atoms with E-state index in [-0.39, 0.29) is 35.5 Å². The van der Waals surface area contributed by atoms with Gasteiger partial charge in [-0.05, 0) is 37.1 Å². The average molecular weight is 414 g/mol. The van der Waals surface area contributed by atoms with Gasteiger partial charge in [0.1, 0.15) is 17.3 Å². The fraction of sp³-hybridized carbons (Fsp3) is 0.286. The number of halogens is 2. The highest BCUT2D eigenvalue weighted by Crippen LogP contribution is 2.25. The zero-order chi connectivity index (χ0) is 21.7. The Balaban J connectivity index is 1.86. The van der Waals surface area contributed by atoms with Crippen molar-refractivity contribution >= 4 is 11.7 Å². The van der Waals surface area contributed by atoms with E-state index in [9.17, 15) is 13.6 Å². The minimum atomic E-state index is -0.635. The summed E-state index contributed by atoms with van der Waals surface area (Å²) in [7, 11) is 1.72. The molecule has 0 radical (unpaired) electrons. The van der Waals surface area contributed by atoms with Crippen LogP contribution in [0.2, 0.25) is 0 Å². The summed E-state index contributed by atoms with van der Waals surface area (Å²) in [5, 5.41) is 9.78. The first-order valence-corrected chi connectivity index (χ1v) is 9.55. The summed E-state index contributed by atoms with van der Waals surface area (Å²) in [6.45, 7) is 2.37. The van der Waals surface area contributed by atoms with E-state index in [1.807, 2.05) is 0 Å². The Bertz CT molecular complexity index is 1030. The smallest absolute Gasteiger partial charge is 0.255 e. The van der Waals surface area contributed by atoms with Gasteiger partial charge in [-0.2, -0.15) is 5.10 Å². The second-order valence-electron chi connectivity index (χ2n) is 7.11. The lowest BCUT2D eigenvalue weighted by Gasteiger charge is -2.14. The molecule has 0 saturated carbocycles. The highest BCUT2D eigenvalue weighted by atomic mass is 19.1. The molecule has 2 heterocycles. The molecule has 0 aliphatic carbocycles. The number of hydrogen-bond acceptors (Lipinski definition) is 5. The second kappa shape index (κ2) is 9.45. The summed E-state index contributed by atoms with van der Waals surface area (Å²) >= 11 is 0. The normalized spacial score (nSPS) is 11.9. The van der Waals surface area contributed by atoms with Gasteiger partial charge in [-0.25, -0.2) is 13.8 Å². The van der Waals surface area contributed by atoms with Gasteiger partial charge in [0.2, 0.25) is 0 Å². The summed E-state index contributed by atoms with van der Waals surface area (Å²) in [6.07, 6.45) is 3.63. The number of nitrogens with one attached hydrogen (secondary N) is 2. The van der Waals surface area contributed by atoms with E-state index >= 15 is 0 Å². The van der Waals surface area contributed by atoms with Gasteiger partial charge < -0.3 is 16.4 Å². The van der Waals surface area contributed by atoms with Gasteiger partial charge in [-0.1, -0.05) is 12.1 Å². The molecule has 0 aliphatic heterocycles. The molecule has 1 atom stereocenters. The minimum Gasteiger partial charge on any atom is -0.369 e. The van der Waals surface area contributed by atoms with Crippen LogP contribution in [0.15, 0.2) is 42.7 Å². The number of rotatable bonds is 8. The third-order valence-corrected chi connectivity index (χ3v) is 4.38. The van der Waals surface area contributed by atoms with Crippen LogP contribution in [0.5, 0.6) is 0 Å². The molecule has 3 aromatic rings. The maximum Gasteiger partial charge on any atom is 0.255 e. The van der Waals surface area contributed by atoms with Crippen LogP contribution < -0.4 is 16.4 Å². The molecule has 7 nitrogen and oxygen atoms in total. The molecule has 0 saturated heterocycles. The predicted molar refractivity (Wildman–Crippen MR) is 111 cm³/mol. The van der Waals surface area contributed by atoms with Crippen LogP contribution in [0, 0.1) is 11.6 Å². The Labute approximate surface area is 173 Å². The quantitative estimate of drug-likeness (QED) is 0.526. The Kier molecular flexibility index (Phi) is 6.73. The summed E-state index contributed by atoms with van der Waals surface area (Å²) in [4.78, 5) is 16.9. The molecule has 0 unspecified atom stereocenters. The van der Waals surface area contributed by atoms with Crippen molar-refractivity contribution in [3.8, 4) is 11.3 Å². The molecule has 9 heteroatoms. The van der Waals surface area contributed by atoms with Gasteiger partial charge in [-0.3, -0.25) is 9.48 Å². The maximum absolute atomic E-state index is 14.7. The van der Waals surface area contributed by atoms with Crippen molar-refractivity contribution in [1.29, 1.82) is 0 Å². The Morgan fingerprint density at radius 1 is 1.30 bits per heavy atom. The monoisotopic (exact) mass is 414 g/mol. The van der Waals surface area contributed by atoms with Gasteiger partial charge in [0, 0.05) is 37.9 Å². The van der Waals surface area contributed by atoms with E-state index in [4.69, 9.17) is 5.73 Å². The zero-order valence-electron chi connectivity index (χ0n) is 16.8. The number of amides is 1. The third-order valence-electron chi connectivity index (χ3n) is 4.38. The molecule has 4 N–H and O–H groups in total. The molecule has 0 fully saturated rings. The zero-order valence-corrected chi connectivity index (χ0v) is 16.8. The summed E-state index contributed by atoms with van der Waals surface area (Å²) in [5.41, 5.74) is 7.12. The van der Waals surface area contributed by atoms with Crippen molar-refractivity contribution in [2.24, 2.45) is 12.8 Å². The topological polar surface area (TPSA) is 97.9 Å². The van der Waals surface area contributed by atoms with E-state index in [2.05, 4.69) is 20.7 Å². The van der Waals surface area contributed by atoms with Crippen molar-refractivity contribution in [2.45, 2.75) is 19.4 Å². The molecular formula is C21H24F2N6O. The van der Waals surface area contributed by atoms with Crippen LogP contribution in [0.25, 0.3) is 11.3 Å². The SMILES string of the molecule is C[C@@H](N)CNC(=O)c1cc(F)c(-c2cnn(C)c2)nc1NCCc1cccc(F)c1. The van der Waals surface area contributed by atoms with E-state index in [0.29, 0.717) is 18.5 Å². The van der Waals surface area contributed by atoms with Gasteiger partial charge in [0.25, 0.3) is 5.91 Å². The van der Waals surface area contributed by atoms with Crippen molar-refractivity contribution in [3.63, 3.8) is 0 Å². The van der Waals surface area contributed by atoms with Crippen molar-refractivity contribution in [2.75, 3.05) is 18.4 Å². The lowest BCUT2D eigenvalue weighted by molar-refractivity contribution is 0.0952. The predicted octanol–water partition coefficient (Wildman–Crippen LogP) is 2.49. The number of anilines is 1. The number of nitrogens with two attached hydrogens (primary N) is 1. The highest BCUT2D eigenvalue weighted by molar-refractivity contribution is 5.99. The number of benzene rings is 1. The number of aryl methyl sites for hydroxylation is 1. The molecule has 0 bridgehead atoms. The first kappa shape index (κ1) is 21.4. The lowest BCUT2D eigenvalue weighted by atomic mass is 10.1. The van der Waals surface area contributed by atoms with Crippen LogP contribution in [-0.2, 0) is 13.5 Å². The standard InChI is InChI=1S/C21H24F2N6O/c1-13(24)10-26-21(30)17-9-18(23)19(15-11-27-29(2)12-15)28-20(17)25-7-6-14-4-3-5-16(22)8-14/h3-5,8-9,11-13H,6-7,10,24H2,1-2H3,(H,25,28)(H,26,30)/t13-/m1/s1. The molecular weight excluding hydrogens is 390 g/mol. The van der Waals surface area contributed by atoms with Crippen LogP contribution >= 0.6 is 0 Å². The largest absolute Gasteiger partial charge is 0.369 e. The highest BCUT2D eigenvalue weighted by Gasteiger charge is 2.19. The van der Waals surface area contributed by atoms with Crippen molar-refractivity contribution in [1.82, 2.24) is 20.1 Å². The number of nitrogens with zero attached hydrogens (tertiary/aromatic N) is 3. The first-order valence-electron chi connectivity index (χ1n) is 9.55. The van der Waals surface area contributed by atoms with Crippen molar-refractivity contribution in [3.05, 3.63) is 65.5 Å². The Morgan fingerprint density at radius 3 is 2.77 bits per heavy atom. The minimum absolute atomic E-state index is 0.0695. The molecule has 1 amide bonds. The van der Waals surface area contributed by atoms with Gasteiger partial charge >= 0.3 is 0 Å². The fourth-order valence-corrected chi connectivity index (χ4v) is 2.91. The van der Waals surface area contributed by atoms with E-state index in [0.717, 1.165) is 11.6 Å². The van der Waals surface area contributed by atoms with E-state index in [1.165, 1.54) is 23.0 Å². The maximum atomic E-state index is 14.7. The van der Waals surface area contributed by atoms with E-state index in [1.54, 1.807) is 32.3 Å². The molecule has 30 heavy (non-hydrogen) atoms. The number of aromatic nitrogens is 3. The first-order chi connectivity index (χ1) is 14.3. The average Bonchev–Trinajstić information content (AvgIpc) is 3.13. The van der Waals surface area contributed by atoms with Crippen LogP contribution in [0.4, 0.5) is 14.6 Å².